The van der Waals surface area contributed by atoms with Gasteiger partial charge in [-0.15, -0.1) is 0 Å². The summed E-state index contributed by atoms with van der Waals surface area (Å²) >= 11 is 6.14. The summed E-state index contributed by atoms with van der Waals surface area (Å²) in [6.07, 6.45) is -0.0879. The molecule has 0 saturated carbocycles. The lowest BCUT2D eigenvalue weighted by Crippen LogP contribution is -2.41. The van der Waals surface area contributed by atoms with E-state index in [9.17, 15) is 4.79 Å². The van der Waals surface area contributed by atoms with E-state index in [1.165, 1.54) is 0 Å². The minimum Gasteiger partial charge on any atom is -0.487 e. The fourth-order valence-electron chi connectivity index (χ4n) is 2.56. The molecule has 2 aromatic rings. The number of aliphatic imine (C=N–C) groups is 1. The molecule has 2 N–H and O–H groups in total. The van der Waals surface area contributed by atoms with Gasteiger partial charge in [-0.05, 0) is 43.7 Å². The molecule has 0 aliphatic carbocycles. The highest BCUT2D eigenvalue weighted by molar-refractivity contribution is 6.32. The number of guanidine groups is 1. The minimum atomic E-state index is -0.0879. The average molecular weight is 417 g/mol. The molecule has 2 rings (SSSR count). The van der Waals surface area contributed by atoms with Crippen LogP contribution in [-0.2, 0) is 6.54 Å². The summed E-state index contributed by atoms with van der Waals surface area (Å²) in [4.78, 5) is 18.1. The van der Waals surface area contributed by atoms with E-state index in [4.69, 9.17) is 16.3 Å². The highest BCUT2D eigenvalue weighted by atomic mass is 35.5. The molecule has 29 heavy (non-hydrogen) atoms. The van der Waals surface area contributed by atoms with E-state index in [1.54, 1.807) is 25.1 Å². The predicted octanol–water partition coefficient (Wildman–Crippen LogP) is 3.56. The number of benzene rings is 2. The van der Waals surface area contributed by atoms with Gasteiger partial charge in [0.1, 0.15) is 11.9 Å². The SMILES string of the molecule is CCNC(=NCc1ccc(C(=O)N(C)C)cc1)NCC(C)Oc1ccccc1Cl. The summed E-state index contributed by atoms with van der Waals surface area (Å²) in [6.45, 7) is 5.82. The van der Waals surface area contributed by atoms with Crippen molar-refractivity contribution < 1.29 is 9.53 Å². The van der Waals surface area contributed by atoms with E-state index >= 15 is 0 Å². The van der Waals surface area contributed by atoms with Crippen LogP contribution >= 0.6 is 11.6 Å². The van der Waals surface area contributed by atoms with Gasteiger partial charge in [-0.2, -0.15) is 0 Å². The molecule has 0 bridgehead atoms. The molecule has 7 heteroatoms. The molecular weight excluding hydrogens is 388 g/mol. The van der Waals surface area contributed by atoms with Gasteiger partial charge in [-0.25, -0.2) is 4.99 Å². The van der Waals surface area contributed by atoms with Crippen LogP contribution in [0.3, 0.4) is 0 Å². The van der Waals surface area contributed by atoms with E-state index < -0.39 is 0 Å². The number of ether oxygens (including phenoxy) is 1. The summed E-state index contributed by atoms with van der Waals surface area (Å²) in [5.74, 6) is 1.36. The first kappa shape index (κ1) is 22.6. The Kier molecular flexibility index (Phi) is 8.80. The van der Waals surface area contributed by atoms with Crippen molar-refractivity contribution in [2.24, 2.45) is 4.99 Å². The molecule has 1 atom stereocenters. The average Bonchev–Trinajstić information content (AvgIpc) is 2.71. The fraction of sp³-hybridized carbons (Fsp3) is 0.364. The van der Waals surface area contributed by atoms with Crippen LogP contribution in [-0.4, -0.2) is 50.1 Å². The van der Waals surface area contributed by atoms with Crippen LogP contribution in [0.15, 0.2) is 53.5 Å². The maximum atomic E-state index is 12.0. The van der Waals surface area contributed by atoms with Crippen molar-refractivity contribution in [3.05, 3.63) is 64.7 Å². The van der Waals surface area contributed by atoms with Crippen molar-refractivity contribution in [3.8, 4) is 5.75 Å². The Labute approximate surface area is 177 Å². The third-order valence-corrected chi connectivity index (χ3v) is 4.41. The summed E-state index contributed by atoms with van der Waals surface area (Å²) in [6, 6.07) is 14.9. The Morgan fingerprint density at radius 3 is 2.45 bits per heavy atom. The zero-order valence-corrected chi connectivity index (χ0v) is 18.2. The predicted molar refractivity (Wildman–Crippen MR) is 119 cm³/mol. The quantitative estimate of drug-likeness (QED) is 0.510. The minimum absolute atomic E-state index is 0.0115. The van der Waals surface area contributed by atoms with Gasteiger partial charge in [0.2, 0.25) is 0 Å². The zero-order valence-electron chi connectivity index (χ0n) is 17.4. The Morgan fingerprint density at radius 1 is 1.14 bits per heavy atom. The van der Waals surface area contributed by atoms with Gasteiger partial charge in [-0.1, -0.05) is 35.9 Å². The fourth-order valence-corrected chi connectivity index (χ4v) is 2.74. The second-order valence-electron chi connectivity index (χ2n) is 6.83. The first-order valence-electron chi connectivity index (χ1n) is 9.64. The van der Waals surface area contributed by atoms with Crippen LogP contribution in [0.1, 0.15) is 29.8 Å². The first-order chi connectivity index (χ1) is 13.9. The molecule has 6 nitrogen and oxygen atoms in total. The molecule has 1 amide bonds. The number of carbonyl (C=O) groups excluding carboxylic acids is 1. The molecule has 0 fully saturated rings. The van der Waals surface area contributed by atoms with Crippen LogP contribution in [0.2, 0.25) is 5.02 Å². The number of rotatable bonds is 8. The van der Waals surface area contributed by atoms with Crippen LogP contribution < -0.4 is 15.4 Å². The van der Waals surface area contributed by atoms with Gasteiger partial charge >= 0.3 is 0 Å². The molecule has 0 saturated heterocycles. The maximum Gasteiger partial charge on any atom is 0.253 e. The van der Waals surface area contributed by atoms with Gasteiger partial charge in [0.15, 0.2) is 5.96 Å². The number of carbonyl (C=O) groups is 1. The first-order valence-corrected chi connectivity index (χ1v) is 10.0. The molecule has 0 spiro atoms. The Hall–Kier alpha value is -2.73. The van der Waals surface area contributed by atoms with E-state index in [2.05, 4.69) is 15.6 Å². The second-order valence-corrected chi connectivity index (χ2v) is 7.24. The molecular formula is C22H29ClN4O2. The maximum absolute atomic E-state index is 12.0. The van der Waals surface area contributed by atoms with E-state index in [-0.39, 0.29) is 12.0 Å². The largest absolute Gasteiger partial charge is 0.487 e. The van der Waals surface area contributed by atoms with Crippen molar-refractivity contribution in [2.75, 3.05) is 27.2 Å². The molecule has 2 aromatic carbocycles. The van der Waals surface area contributed by atoms with Crippen LogP contribution in [0.5, 0.6) is 5.75 Å². The number of para-hydroxylation sites is 1. The van der Waals surface area contributed by atoms with Crippen molar-refractivity contribution in [3.63, 3.8) is 0 Å². The van der Waals surface area contributed by atoms with Crippen molar-refractivity contribution in [1.29, 1.82) is 0 Å². The smallest absolute Gasteiger partial charge is 0.253 e. The van der Waals surface area contributed by atoms with E-state index in [1.807, 2.05) is 56.3 Å². The number of amides is 1. The van der Waals surface area contributed by atoms with Gasteiger partial charge in [0.25, 0.3) is 5.91 Å². The number of nitrogens with one attached hydrogen (secondary N) is 2. The number of hydrogen-bond donors (Lipinski definition) is 2. The lowest BCUT2D eigenvalue weighted by atomic mass is 10.1. The molecule has 156 valence electrons. The standard InChI is InChI=1S/C22H29ClN4O2/c1-5-24-22(25-14-16(2)29-20-9-7-6-8-19(20)23)26-15-17-10-12-18(13-11-17)21(28)27(3)4/h6-13,16H,5,14-15H2,1-4H3,(H2,24,25,26). The van der Waals surface area contributed by atoms with Gasteiger partial charge in [-0.3, -0.25) is 4.79 Å². The van der Waals surface area contributed by atoms with Crippen molar-refractivity contribution >= 4 is 23.5 Å². The van der Waals surface area contributed by atoms with E-state index in [0.29, 0.717) is 35.4 Å². The highest BCUT2D eigenvalue weighted by Gasteiger charge is 2.09. The molecule has 0 aliphatic rings. The van der Waals surface area contributed by atoms with Gasteiger partial charge < -0.3 is 20.3 Å². The number of hydrogen-bond acceptors (Lipinski definition) is 3. The second kappa shape index (κ2) is 11.3. The Morgan fingerprint density at radius 2 is 1.83 bits per heavy atom. The highest BCUT2D eigenvalue weighted by Crippen LogP contribution is 2.24. The normalized spacial score (nSPS) is 12.2. The molecule has 0 aromatic heterocycles. The van der Waals surface area contributed by atoms with Crippen LogP contribution in [0.4, 0.5) is 0 Å². The summed E-state index contributed by atoms with van der Waals surface area (Å²) in [7, 11) is 3.48. The lowest BCUT2D eigenvalue weighted by Gasteiger charge is -2.18. The van der Waals surface area contributed by atoms with Gasteiger partial charge in [0.05, 0.1) is 18.1 Å². The van der Waals surface area contributed by atoms with Crippen LogP contribution in [0.25, 0.3) is 0 Å². The van der Waals surface area contributed by atoms with Crippen molar-refractivity contribution in [2.45, 2.75) is 26.5 Å². The Bertz CT molecular complexity index is 822. The van der Waals surface area contributed by atoms with E-state index in [0.717, 1.165) is 12.1 Å². The molecule has 0 heterocycles. The number of halogens is 1. The molecule has 0 radical (unpaired) electrons. The Balaban J connectivity index is 1.92. The third kappa shape index (κ3) is 7.31. The van der Waals surface area contributed by atoms with Crippen LogP contribution in [0, 0.1) is 0 Å². The summed E-state index contributed by atoms with van der Waals surface area (Å²) in [5, 5.41) is 7.10. The van der Waals surface area contributed by atoms with Gasteiger partial charge in [0, 0.05) is 26.2 Å². The van der Waals surface area contributed by atoms with Crippen molar-refractivity contribution in [1.82, 2.24) is 15.5 Å². The summed E-state index contributed by atoms with van der Waals surface area (Å²) < 4.78 is 5.88. The lowest BCUT2D eigenvalue weighted by molar-refractivity contribution is 0.0827. The molecule has 0 aliphatic heterocycles. The summed E-state index contributed by atoms with van der Waals surface area (Å²) in [5.41, 5.74) is 1.69. The third-order valence-electron chi connectivity index (χ3n) is 4.09. The topological polar surface area (TPSA) is 66.0 Å². The monoisotopic (exact) mass is 416 g/mol. The number of nitrogens with zero attached hydrogens (tertiary/aromatic N) is 2. The molecule has 1 unspecified atom stereocenters. The zero-order chi connectivity index (χ0) is 21.2.